The SMILES string of the molecule is COCC(CCCl)NCC1CC2CCC1C2. The van der Waals surface area contributed by atoms with Gasteiger partial charge in [-0.1, -0.05) is 6.42 Å². The zero-order valence-corrected chi connectivity index (χ0v) is 11.0. The third-order valence-electron chi connectivity index (χ3n) is 4.38. The van der Waals surface area contributed by atoms with Gasteiger partial charge in [0.1, 0.15) is 0 Å². The number of alkyl halides is 1. The summed E-state index contributed by atoms with van der Waals surface area (Å²) in [6, 6.07) is 0.446. The highest BCUT2D eigenvalue weighted by Crippen LogP contribution is 2.47. The van der Waals surface area contributed by atoms with Crippen molar-refractivity contribution in [3.63, 3.8) is 0 Å². The molecule has 2 aliphatic carbocycles. The van der Waals surface area contributed by atoms with Crippen molar-refractivity contribution >= 4 is 11.6 Å². The molecular weight excluding hydrogens is 222 g/mol. The first-order chi connectivity index (χ1) is 7.83. The fourth-order valence-corrected chi connectivity index (χ4v) is 3.79. The lowest BCUT2D eigenvalue weighted by atomic mass is 9.88. The third-order valence-corrected chi connectivity index (χ3v) is 4.60. The van der Waals surface area contributed by atoms with Crippen molar-refractivity contribution in [3.8, 4) is 0 Å². The van der Waals surface area contributed by atoms with Crippen molar-refractivity contribution in [3.05, 3.63) is 0 Å². The molecule has 2 rings (SSSR count). The fourth-order valence-electron chi connectivity index (χ4n) is 3.52. The lowest BCUT2D eigenvalue weighted by Gasteiger charge is -2.25. The molecule has 2 aliphatic rings. The zero-order valence-electron chi connectivity index (χ0n) is 10.3. The highest BCUT2D eigenvalue weighted by atomic mass is 35.5. The maximum absolute atomic E-state index is 5.79. The van der Waals surface area contributed by atoms with E-state index in [1.54, 1.807) is 7.11 Å². The standard InChI is InChI=1S/C13H24ClNO/c1-16-9-13(4-5-14)15-8-12-7-10-2-3-11(12)6-10/h10-13,15H,2-9H2,1H3. The Bertz CT molecular complexity index is 206. The van der Waals surface area contributed by atoms with Gasteiger partial charge in [0, 0.05) is 19.0 Å². The Labute approximate surface area is 104 Å². The van der Waals surface area contributed by atoms with E-state index in [1.165, 1.54) is 32.2 Å². The van der Waals surface area contributed by atoms with Crippen LogP contribution in [-0.2, 0) is 4.74 Å². The maximum atomic E-state index is 5.79. The van der Waals surface area contributed by atoms with E-state index in [2.05, 4.69) is 5.32 Å². The van der Waals surface area contributed by atoms with Gasteiger partial charge in [0.2, 0.25) is 0 Å². The van der Waals surface area contributed by atoms with Crippen LogP contribution in [0.2, 0.25) is 0 Å². The molecule has 2 saturated carbocycles. The summed E-state index contributed by atoms with van der Waals surface area (Å²) in [5, 5.41) is 3.64. The van der Waals surface area contributed by atoms with Crippen molar-refractivity contribution in [1.82, 2.24) is 5.32 Å². The zero-order chi connectivity index (χ0) is 11.4. The van der Waals surface area contributed by atoms with E-state index in [0.717, 1.165) is 36.7 Å². The second-order valence-electron chi connectivity index (χ2n) is 5.47. The number of fused-ring (bicyclic) bond motifs is 2. The first-order valence-corrected chi connectivity index (χ1v) is 7.15. The van der Waals surface area contributed by atoms with Crippen LogP contribution in [0.5, 0.6) is 0 Å². The molecule has 4 unspecified atom stereocenters. The molecular formula is C13H24ClNO. The Hall–Kier alpha value is 0.210. The summed E-state index contributed by atoms with van der Waals surface area (Å²) < 4.78 is 5.21. The number of nitrogens with one attached hydrogen (secondary N) is 1. The number of methoxy groups -OCH3 is 1. The predicted octanol–water partition coefficient (Wildman–Crippen LogP) is 2.66. The number of hydrogen-bond donors (Lipinski definition) is 1. The molecule has 2 fully saturated rings. The van der Waals surface area contributed by atoms with Gasteiger partial charge in [-0.25, -0.2) is 0 Å². The smallest absolute Gasteiger partial charge is 0.0616 e. The van der Waals surface area contributed by atoms with E-state index in [0.29, 0.717) is 6.04 Å². The molecule has 0 aromatic heterocycles. The third kappa shape index (κ3) is 3.12. The van der Waals surface area contributed by atoms with Gasteiger partial charge in [-0.2, -0.15) is 0 Å². The fraction of sp³-hybridized carbons (Fsp3) is 1.00. The van der Waals surface area contributed by atoms with Crippen LogP contribution in [0.4, 0.5) is 0 Å². The predicted molar refractivity (Wildman–Crippen MR) is 67.9 cm³/mol. The summed E-state index contributed by atoms with van der Waals surface area (Å²) in [4.78, 5) is 0. The minimum Gasteiger partial charge on any atom is -0.383 e. The van der Waals surface area contributed by atoms with Crippen LogP contribution in [0.1, 0.15) is 32.1 Å². The summed E-state index contributed by atoms with van der Waals surface area (Å²) in [6.07, 6.45) is 6.93. The van der Waals surface area contributed by atoms with E-state index in [4.69, 9.17) is 16.3 Å². The number of hydrogen-bond acceptors (Lipinski definition) is 2. The summed E-state index contributed by atoms with van der Waals surface area (Å²) in [7, 11) is 1.76. The summed E-state index contributed by atoms with van der Waals surface area (Å²) in [5.74, 6) is 3.70. The molecule has 0 radical (unpaired) electrons. The Morgan fingerprint density at radius 2 is 2.25 bits per heavy atom. The monoisotopic (exact) mass is 245 g/mol. The molecule has 0 aliphatic heterocycles. The lowest BCUT2D eigenvalue weighted by Crippen LogP contribution is -2.38. The number of halogens is 1. The first kappa shape index (κ1) is 12.7. The second kappa shape index (κ2) is 6.23. The molecule has 0 heterocycles. The molecule has 4 atom stereocenters. The van der Waals surface area contributed by atoms with E-state index in [1.807, 2.05) is 0 Å². The molecule has 0 aromatic carbocycles. The molecule has 0 aromatic rings. The first-order valence-electron chi connectivity index (χ1n) is 6.61. The second-order valence-corrected chi connectivity index (χ2v) is 5.85. The van der Waals surface area contributed by atoms with Crippen LogP contribution in [0.3, 0.4) is 0 Å². The van der Waals surface area contributed by atoms with Crippen LogP contribution in [0.15, 0.2) is 0 Å². The van der Waals surface area contributed by atoms with Gasteiger partial charge >= 0.3 is 0 Å². The number of ether oxygens (including phenoxy) is 1. The minimum atomic E-state index is 0.446. The van der Waals surface area contributed by atoms with Crippen molar-refractivity contribution in [1.29, 1.82) is 0 Å². The molecule has 0 amide bonds. The van der Waals surface area contributed by atoms with E-state index < -0.39 is 0 Å². The Morgan fingerprint density at radius 1 is 1.38 bits per heavy atom. The van der Waals surface area contributed by atoms with Crippen molar-refractivity contribution in [2.45, 2.75) is 38.1 Å². The van der Waals surface area contributed by atoms with Crippen molar-refractivity contribution in [2.24, 2.45) is 17.8 Å². The highest BCUT2D eigenvalue weighted by Gasteiger charge is 2.39. The lowest BCUT2D eigenvalue weighted by molar-refractivity contribution is 0.159. The average Bonchev–Trinajstić information content (AvgIpc) is 2.88. The van der Waals surface area contributed by atoms with Crippen LogP contribution < -0.4 is 5.32 Å². The van der Waals surface area contributed by atoms with Gasteiger partial charge in [-0.15, -0.1) is 11.6 Å². The Morgan fingerprint density at radius 3 is 2.81 bits per heavy atom. The molecule has 1 N–H and O–H groups in total. The van der Waals surface area contributed by atoms with Gasteiger partial charge in [0.25, 0.3) is 0 Å². The highest BCUT2D eigenvalue weighted by molar-refractivity contribution is 6.17. The van der Waals surface area contributed by atoms with Gasteiger partial charge in [0.05, 0.1) is 6.61 Å². The van der Waals surface area contributed by atoms with Crippen LogP contribution >= 0.6 is 11.6 Å². The number of rotatable bonds is 7. The van der Waals surface area contributed by atoms with Crippen molar-refractivity contribution in [2.75, 3.05) is 26.1 Å². The topological polar surface area (TPSA) is 21.3 Å². The largest absolute Gasteiger partial charge is 0.383 e. The Kier molecular flexibility index (Phi) is 4.93. The molecule has 16 heavy (non-hydrogen) atoms. The Balaban J connectivity index is 1.69. The van der Waals surface area contributed by atoms with E-state index in [-0.39, 0.29) is 0 Å². The van der Waals surface area contributed by atoms with Gasteiger partial charge in [-0.05, 0) is 50.0 Å². The van der Waals surface area contributed by atoms with Gasteiger partial charge < -0.3 is 10.1 Å². The van der Waals surface area contributed by atoms with Gasteiger partial charge in [0.15, 0.2) is 0 Å². The van der Waals surface area contributed by atoms with Crippen molar-refractivity contribution < 1.29 is 4.74 Å². The molecule has 2 nitrogen and oxygen atoms in total. The molecule has 2 bridgehead atoms. The maximum Gasteiger partial charge on any atom is 0.0616 e. The molecule has 3 heteroatoms. The van der Waals surface area contributed by atoms with E-state index >= 15 is 0 Å². The minimum absolute atomic E-state index is 0.446. The van der Waals surface area contributed by atoms with E-state index in [9.17, 15) is 0 Å². The van der Waals surface area contributed by atoms with Crippen LogP contribution in [0, 0.1) is 17.8 Å². The summed E-state index contributed by atoms with van der Waals surface area (Å²) in [5.41, 5.74) is 0. The molecule has 0 spiro atoms. The quantitative estimate of drug-likeness (QED) is 0.697. The summed E-state index contributed by atoms with van der Waals surface area (Å²) >= 11 is 5.79. The normalized spacial score (nSPS) is 34.5. The molecule has 94 valence electrons. The van der Waals surface area contributed by atoms with Crippen LogP contribution in [0.25, 0.3) is 0 Å². The van der Waals surface area contributed by atoms with Crippen LogP contribution in [-0.4, -0.2) is 32.2 Å². The summed E-state index contributed by atoms with van der Waals surface area (Å²) in [6.45, 7) is 1.96. The average molecular weight is 246 g/mol. The van der Waals surface area contributed by atoms with Gasteiger partial charge in [-0.3, -0.25) is 0 Å². The molecule has 0 saturated heterocycles.